The third kappa shape index (κ3) is 2.62. The van der Waals surface area contributed by atoms with Crippen LogP contribution in [0.1, 0.15) is 0 Å². The predicted octanol–water partition coefficient (Wildman–Crippen LogP) is -0.0363. The van der Waals surface area contributed by atoms with Crippen molar-refractivity contribution in [2.75, 3.05) is 0 Å². The highest BCUT2D eigenvalue weighted by Gasteiger charge is 2.18. The maximum atomic E-state index is 9.20. The third-order valence-corrected chi connectivity index (χ3v) is 1.64. The summed E-state index contributed by atoms with van der Waals surface area (Å²) >= 11 is 0. The molecule has 3 nitrogen and oxygen atoms in total. The zero-order valence-corrected chi connectivity index (χ0v) is 6.98. The Hall–Kier alpha value is -0.900. The van der Waals surface area contributed by atoms with Crippen LogP contribution in [-0.4, -0.2) is 28.5 Å². The first-order valence-corrected chi connectivity index (χ1v) is 3.60. The average Bonchev–Trinajstić information content (AvgIpc) is 2.12. The Balaban J connectivity index is 4.27. The fraction of sp³-hybridized carbons (Fsp3) is 0.333. The van der Waals surface area contributed by atoms with Crippen LogP contribution in [0.5, 0.6) is 0 Å². The van der Waals surface area contributed by atoms with E-state index in [4.69, 9.17) is 5.73 Å². The van der Waals surface area contributed by atoms with Gasteiger partial charge in [-0.25, -0.2) is 0 Å². The van der Waals surface area contributed by atoms with Crippen molar-refractivity contribution in [3.63, 3.8) is 0 Å². The monoisotopic (exact) mass is 169 g/mol. The maximum Gasteiger partial charge on any atom is 0.0942 e. The molecule has 0 aromatic heterocycles. The van der Waals surface area contributed by atoms with Crippen molar-refractivity contribution in [3.8, 4) is 0 Å². The molecular formula is C9H15NO2. The van der Waals surface area contributed by atoms with E-state index in [1.165, 1.54) is 12.2 Å². The molecule has 0 aliphatic heterocycles. The van der Waals surface area contributed by atoms with Gasteiger partial charge in [0.1, 0.15) is 0 Å². The Bertz CT molecular complexity index is 189. The molecule has 0 aromatic rings. The zero-order chi connectivity index (χ0) is 9.72. The van der Waals surface area contributed by atoms with Crippen molar-refractivity contribution < 1.29 is 10.2 Å². The van der Waals surface area contributed by atoms with Gasteiger partial charge in [0, 0.05) is 0 Å². The maximum absolute atomic E-state index is 9.20. The molecule has 0 aliphatic rings. The van der Waals surface area contributed by atoms with E-state index in [-0.39, 0.29) is 0 Å². The first-order chi connectivity index (χ1) is 5.54. The molecule has 0 aromatic carbocycles. The summed E-state index contributed by atoms with van der Waals surface area (Å²) in [5.41, 5.74) is 5.85. The minimum Gasteiger partial charge on any atom is -0.387 e. The molecule has 0 fully saturated rings. The molecule has 4 N–H and O–H groups in total. The molecule has 0 rings (SSSR count). The fourth-order valence-electron chi connectivity index (χ4n) is 0.714. The molecular weight excluding hydrogens is 154 g/mol. The van der Waals surface area contributed by atoms with Gasteiger partial charge >= 0.3 is 0 Å². The van der Waals surface area contributed by atoms with Crippen molar-refractivity contribution >= 4 is 0 Å². The van der Waals surface area contributed by atoms with Gasteiger partial charge in [0.25, 0.3) is 0 Å². The van der Waals surface area contributed by atoms with Crippen molar-refractivity contribution in [1.29, 1.82) is 0 Å². The van der Waals surface area contributed by atoms with Crippen molar-refractivity contribution in [2.24, 2.45) is 5.73 Å². The van der Waals surface area contributed by atoms with Crippen LogP contribution < -0.4 is 5.73 Å². The second kappa shape index (κ2) is 4.87. The molecule has 0 saturated carbocycles. The van der Waals surface area contributed by atoms with Gasteiger partial charge < -0.3 is 15.9 Å². The lowest BCUT2D eigenvalue weighted by Crippen LogP contribution is -2.38. The van der Waals surface area contributed by atoms with E-state index >= 15 is 0 Å². The van der Waals surface area contributed by atoms with E-state index in [2.05, 4.69) is 19.7 Å². The summed E-state index contributed by atoms with van der Waals surface area (Å²) in [5.74, 6) is 0. The molecule has 0 radical (unpaired) electrons. The zero-order valence-electron chi connectivity index (χ0n) is 6.98. The van der Waals surface area contributed by atoms with Gasteiger partial charge in [-0.05, 0) is 5.57 Å². The van der Waals surface area contributed by atoms with Gasteiger partial charge in [0.05, 0.1) is 18.2 Å². The lowest BCUT2D eigenvalue weighted by atomic mass is 9.99. The van der Waals surface area contributed by atoms with Gasteiger partial charge in [0.2, 0.25) is 0 Å². The van der Waals surface area contributed by atoms with E-state index < -0.39 is 18.2 Å². The summed E-state index contributed by atoms with van der Waals surface area (Å²) in [6.07, 6.45) is 0.839. The van der Waals surface area contributed by atoms with Gasteiger partial charge in [-0.15, -0.1) is 13.2 Å². The number of nitrogens with two attached hydrogens (primary N) is 1. The minimum absolute atomic E-state index is 0.331. The number of hydrogen-bond acceptors (Lipinski definition) is 3. The normalized spacial score (nSPS) is 17.6. The molecule has 3 heteroatoms. The Kier molecular flexibility index (Phi) is 4.51. The molecule has 3 atom stereocenters. The van der Waals surface area contributed by atoms with E-state index in [0.717, 1.165) is 0 Å². The minimum atomic E-state index is -0.882. The van der Waals surface area contributed by atoms with E-state index in [1.807, 2.05) is 0 Å². The fourth-order valence-corrected chi connectivity index (χ4v) is 0.714. The average molecular weight is 169 g/mol. The standard InChI is InChI=1S/C9H15NO2/c1-4-7(11)6(3)9(10)8(12)5-2/h4-5,7-9,11-12H,1-3,10H2. The molecule has 0 saturated heterocycles. The molecule has 0 aliphatic carbocycles. The van der Waals surface area contributed by atoms with Crippen LogP contribution in [-0.2, 0) is 0 Å². The van der Waals surface area contributed by atoms with Crippen LogP contribution in [0.25, 0.3) is 0 Å². The summed E-state index contributed by atoms with van der Waals surface area (Å²) in [4.78, 5) is 0. The van der Waals surface area contributed by atoms with Gasteiger partial charge in [-0.2, -0.15) is 0 Å². The lowest BCUT2D eigenvalue weighted by molar-refractivity contribution is 0.183. The van der Waals surface area contributed by atoms with Gasteiger partial charge in [-0.3, -0.25) is 0 Å². The second-order valence-corrected chi connectivity index (χ2v) is 2.51. The summed E-state index contributed by atoms with van der Waals surface area (Å²) in [7, 11) is 0. The number of rotatable bonds is 5. The molecule has 0 spiro atoms. The first kappa shape index (κ1) is 11.1. The summed E-state index contributed by atoms with van der Waals surface area (Å²) in [5, 5.41) is 18.4. The third-order valence-electron chi connectivity index (χ3n) is 1.64. The molecule has 0 amide bonds. The smallest absolute Gasteiger partial charge is 0.0942 e. The van der Waals surface area contributed by atoms with Crippen molar-refractivity contribution in [1.82, 2.24) is 0 Å². The van der Waals surface area contributed by atoms with E-state index in [1.54, 1.807) is 0 Å². The molecule has 0 bridgehead atoms. The van der Waals surface area contributed by atoms with Crippen LogP contribution in [0, 0.1) is 0 Å². The summed E-state index contributed by atoms with van der Waals surface area (Å²) < 4.78 is 0. The highest BCUT2D eigenvalue weighted by molar-refractivity contribution is 5.19. The van der Waals surface area contributed by atoms with Gasteiger partial charge in [0.15, 0.2) is 0 Å². The van der Waals surface area contributed by atoms with Crippen LogP contribution >= 0.6 is 0 Å². The topological polar surface area (TPSA) is 66.5 Å². The van der Waals surface area contributed by atoms with E-state index in [9.17, 15) is 10.2 Å². The Morgan fingerprint density at radius 1 is 1.25 bits per heavy atom. The summed E-state index contributed by atoms with van der Waals surface area (Å²) in [6, 6.07) is -0.699. The van der Waals surface area contributed by atoms with Crippen molar-refractivity contribution in [2.45, 2.75) is 18.2 Å². The number of hydrogen-bond donors (Lipinski definition) is 3. The van der Waals surface area contributed by atoms with E-state index in [0.29, 0.717) is 5.57 Å². The largest absolute Gasteiger partial charge is 0.387 e. The molecule has 3 unspecified atom stereocenters. The number of aliphatic hydroxyl groups excluding tert-OH is 2. The Labute approximate surface area is 72.5 Å². The summed E-state index contributed by atoms with van der Waals surface area (Å²) in [6.45, 7) is 10.3. The highest BCUT2D eigenvalue weighted by Crippen LogP contribution is 2.08. The van der Waals surface area contributed by atoms with Crippen LogP contribution in [0.4, 0.5) is 0 Å². The Morgan fingerprint density at radius 2 is 1.75 bits per heavy atom. The van der Waals surface area contributed by atoms with Crippen LogP contribution in [0.15, 0.2) is 37.5 Å². The quantitative estimate of drug-likeness (QED) is 0.506. The number of aliphatic hydroxyl groups is 2. The molecule has 0 heterocycles. The van der Waals surface area contributed by atoms with Crippen LogP contribution in [0.2, 0.25) is 0 Å². The first-order valence-electron chi connectivity index (χ1n) is 3.60. The predicted molar refractivity (Wildman–Crippen MR) is 49.5 cm³/mol. The highest BCUT2D eigenvalue weighted by atomic mass is 16.3. The second-order valence-electron chi connectivity index (χ2n) is 2.51. The SMILES string of the molecule is C=CC(O)C(=C)C(N)C(O)C=C. The van der Waals surface area contributed by atoms with Gasteiger partial charge in [-0.1, -0.05) is 18.7 Å². The molecule has 12 heavy (non-hydrogen) atoms. The Morgan fingerprint density at radius 3 is 2.08 bits per heavy atom. The van der Waals surface area contributed by atoms with Crippen LogP contribution in [0.3, 0.4) is 0 Å². The van der Waals surface area contributed by atoms with Crippen molar-refractivity contribution in [3.05, 3.63) is 37.5 Å². The molecule has 68 valence electrons. The lowest BCUT2D eigenvalue weighted by Gasteiger charge is -2.20.